The molecular formula is C13H19NO3. The summed E-state index contributed by atoms with van der Waals surface area (Å²) in [5.74, 6) is 0.170. The van der Waals surface area contributed by atoms with Gasteiger partial charge in [0.15, 0.2) is 0 Å². The van der Waals surface area contributed by atoms with Gasteiger partial charge in [0.05, 0.1) is 6.61 Å². The summed E-state index contributed by atoms with van der Waals surface area (Å²) >= 11 is 0. The summed E-state index contributed by atoms with van der Waals surface area (Å²) in [6.45, 7) is 2.59. The van der Waals surface area contributed by atoms with Gasteiger partial charge in [0.25, 0.3) is 0 Å². The largest absolute Gasteiger partial charge is 0.508 e. The molecule has 0 aliphatic heterocycles. The van der Waals surface area contributed by atoms with Crippen LogP contribution < -0.4 is 5.32 Å². The number of benzene rings is 1. The molecule has 0 heterocycles. The lowest BCUT2D eigenvalue weighted by Gasteiger charge is -2.06. The van der Waals surface area contributed by atoms with Crippen LogP contribution >= 0.6 is 0 Å². The maximum atomic E-state index is 11.3. The second-order valence-electron chi connectivity index (χ2n) is 3.87. The van der Waals surface area contributed by atoms with Crippen molar-refractivity contribution in [2.75, 3.05) is 11.9 Å². The number of unbranched alkanes of at least 4 members (excludes halogenated alkanes) is 3. The Balaban J connectivity index is 2.18. The van der Waals surface area contributed by atoms with Crippen LogP contribution in [-0.4, -0.2) is 17.8 Å². The minimum absolute atomic E-state index is 0.170. The van der Waals surface area contributed by atoms with Gasteiger partial charge in [0.2, 0.25) is 0 Å². The van der Waals surface area contributed by atoms with E-state index in [-0.39, 0.29) is 5.75 Å². The number of amides is 1. The summed E-state index contributed by atoms with van der Waals surface area (Å²) in [6, 6.07) is 6.26. The highest BCUT2D eigenvalue weighted by atomic mass is 16.5. The van der Waals surface area contributed by atoms with Crippen molar-refractivity contribution in [2.45, 2.75) is 32.6 Å². The number of phenolic OH excluding ortho intramolecular Hbond substituents is 1. The van der Waals surface area contributed by atoms with Gasteiger partial charge in [0.1, 0.15) is 5.75 Å². The average Bonchev–Trinajstić information content (AvgIpc) is 2.32. The molecule has 0 spiro atoms. The minimum atomic E-state index is -0.452. The summed E-state index contributed by atoms with van der Waals surface area (Å²) in [7, 11) is 0. The van der Waals surface area contributed by atoms with Crippen LogP contribution in [0.4, 0.5) is 10.5 Å². The molecule has 4 heteroatoms. The molecule has 1 rings (SSSR count). The van der Waals surface area contributed by atoms with Crippen molar-refractivity contribution in [2.24, 2.45) is 0 Å². The van der Waals surface area contributed by atoms with Crippen molar-refractivity contribution in [1.29, 1.82) is 0 Å². The molecule has 1 aromatic carbocycles. The molecule has 1 aromatic rings. The fourth-order valence-corrected chi connectivity index (χ4v) is 1.39. The molecule has 0 radical (unpaired) electrons. The SMILES string of the molecule is CCCCCCOC(=O)Nc1ccc(O)cc1. The number of rotatable bonds is 6. The normalized spacial score (nSPS) is 9.94. The van der Waals surface area contributed by atoms with E-state index in [1.165, 1.54) is 25.0 Å². The van der Waals surface area contributed by atoms with Crippen molar-refractivity contribution in [3.05, 3.63) is 24.3 Å². The Morgan fingerprint density at radius 1 is 1.24 bits per heavy atom. The molecule has 2 N–H and O–H groups in total. The van der Waals surface area contributed by atoms with Gasteiger partial charge in [-0.3, -0.25) is 5.32 Å². The van der Waals surface area contributed by atoms with Crippen molar-refractivity contribution < 1.29 is 14.6 Å². The standard InChI is InChI=1S/C13H19NO3/c1-2-3-4-5-10-17-13(16)14-11-6-8-12(15)9-7-11/h6-9,15H,2-5,10H2,1H3,(H,14,16). The zero-order chi connectivity index (χ0) is 12.5. The van der Waals surface area contributed by atoms with Crippen LogP contribution in [0.1, 0.15) is 32.6 Å². The Labute approximate surface area is 102 Å². The highest BCUT2D eigenvalue weighted by Gasteiger charge is 2.02. The number of carbonyl (C=O) groups is 1. The van der Waals surface area contributed by atoms with Crippen molar-refractivity contribution in [1.82, 2.24) is 0 Å². The quantitative estimate of drug-likeness (QED) is 0.588. The van der Waals surface area contributed by atoms with Crippen molar-refractivity contribution in [3.8, 4) is 5.75 Å². The first-order valence-corrected chi connectivity index (χ1v) is 5.95. The predicted molar refractivity (Wildman–Crippen MR) is 67.2 cm³/mol. The second-order valence-corrected chi connectivity index (χ2v) is 3.87. The lowest BCUT2D eigenvalue weighted by Crippen LogP contribution is -2.14. The number of hydrogen-bond donors (Lipinski definition) is 2. The number of aromatic hydroxyl groups is 1. The van der Waals surface area contributed by atoms with Gasteiger partial charge in [-0.15, -0.1) is 0 Å². The smallest absolute Gasteiger partial charge is 0.411 e. The zero-order valence-corrected chi connectivity index (χ0v) is 10.1. The van der Waals surface area contributed by atoms with E-state index >= 15 is 0 Å². The van der Waals surface area contributed by atoms with Crippen LogP contribution in [0.3, 0.4) is 0 Å². The predicted octanol–water partition coefficient (Wildman–Crippen LogP) is 3.52. The van der Waals surface area contributed by atoms with Gasteiger partial charge in [0, 0.05) is 5.69 Å². The molecule has 0 unspecified atom stereocenters. The lowest BCUT2D eigenvalue weighted by molar-refractivity contribution is 0.159. The van der Waals surface area contributed by atoms with E-state index < -0.39 is 6.09 Å². The van der Waals surface area contributed by atoms with E-state index in [2.05, 4.69) is 12.2 Å². The Kier molecular flexibility index (Phi) is 5.93. The summed E-state index contributed by atoms with van der Waals surface area (Å²) < 4.78 is 5.01. The Bertz CT molecular complexity index is 335. The lowest BCUT2D eigenvalue weighted by atomic mass is 10.2. The molecule has 0 aliphatic carbocycles. The third-order valence-corrected chi connectivity index (χ3v) is 2.34. The van der Waals surface area contributed by atoms with E-state index in [1.807, 2.05) is 0 Å². The fraction of sp³-hybridized carbons (Fsp3) is 0.462. The molecule has 0 aromatic heterocycles. The average molecular weight is 237 g/mol. The van der Waals surface area contributed by atoms with Gasteiger partial charge >= 0.3 is 6.09 Å². The molecule has 0 bridgehead atoms. The molecule has 17 heavy (non-hydrogen) atoms. The summed E-state index contributed by atoms with van der Waals surface area (Å²) in [6.07, 6.45) is 3.87. The number of anilines is 1. The highest BCUT2D eigenvalue weighted by Crippen LogP contribution is 2.13. The van der Waals surface area contributed by atoms with Crippen molar-refractivity contribution in [3.63, 3.8) is 0 Å². The van der Waals surface area contributed by atoms with Gasteiger partial charge < -0.3 is 9.84 Å². The van der Waals surface area contributed by atoms with Gasteiger partial charge in [-0.2, -0.15) is 0 Å². The summed E-state index contributed by atoms with van der Waals surface area (Å²) in [4.78, 5) is 11.3. The Morgan fingerprint density at radius 2 is 1.94 bits per heavy atom. The summed E-state index contributed by atoms with van der Waals surface area (Å²) in [5, 5.41) is 11.7. The molecule has 1 amide bonds. The fourth-order valence-electron chi connectivity index (χ4n) is 1.39. The van der Waals surface area contributed by atoms with E-state index in [1.54, 1.807) is 12.1 Å². The number of ether oxygens (including phenoxy) is 1. The Hall–Kier alpha value is -1.71. The van der Waals surface area contributed by atoms with Crippen LogP contribution in [0.2, 0.25) is 0 Å². The maximum Gasteiger partial charge on any atom is 0.411 e. The van der Waals surface area contributed by atoms with Crippen LogP contribution in [0, 0.1) is 0 Å². The van der Waals surface area contributed by atoms with Crippen LogP contribution in [0.15, 0.2) is 24.3 Å². The first-order valence-electron chi connectivity index (χ1n) is 5.95. The van der Waals surface area contributed by atoms with E-state index in [0.29, 0.717) is 12.3 Å². The monoisotopic (exact) mass is 237 g/mol. The minimum Gasteiger partial charge on any atom is -0.508 e. The van der Waals surface area contributed by atoms with Crippen LogP contribution in [0.5, 0.6) is 5.75 Å². The molecule has 0 saturated carbocycles. The molecule has 4 nitrogen and oxygen atoms in total. The van der Waals surface area contributed by atoms with E-state index in [4.69, 9.17) is 9.84 Å². The molecular weight excluding hydrogens is 218 g/mol. The number of nitrogens with one attached hydrogen (secondary N) is 1. The number of hydrogen-bond acceptors (Lipinski definition) is 3. The Morgan fingerprint density at radius 3 is 2.59 bits per heavy atom. The van der Waals surface area contributed by atoms with Gasteiger partial charge in [-0.25, -0.2) is 4.79 Å². The van der Waals surface area contributed by atoms with Gasteiger partial charge in [-0.1, -0.05) is 26.2 Å². The molecule has 0 fully saturated rings. The summed E-state index contributed by atoms with van der Waals surface area (Å²) in [5.41, 5.74) is 0.612. The maximum absolute atomic E-state index is 11.3. The third kappa shape index (κ3) is 5.80. The van der Waals surface area contributed by atoms with Gasteiger partial charge in [-0.05, 0) is 30.7 Å². The highest BCUT2D eigenvalue weighted by molar-refractivity contribution is 5.84. The second kappa shape index (κ2) is 7.54. The third-order valence-electron chi connectivity index (χ3n) is 2.34. The topological polar surface area (TPSA) is 58.6 Å². The first-order chi connectivity index (χ1) is 8.22. The van der Waals surface area contributed by atoms with Crippen molar-refractivity contribution >= 4 is 11.8 Å². The number of phenols is 1. The molecule has 0 atom stereocenters. The first kappa shape index (κ1) is 13.4. The molecule has 0 aliphatic rings. The number of carbonyl (C=O) groups excluding carboxylic acids is 1. The zero-order valence-electron chi connectivity index (χ0n) is 10.1. The molecule has 94 valence electrons. The van der Waals surface area contributed by atoms with E-state index in [0.717, 1.165) is 12.8 Å². The van der Waals surface area contributed by atoms with E-state index in [9.17, 15) is 4.79 Å². The molecule has 0 saturated heterocycles. The van der Waals surface area contributed by atoms with Crippen LogP contribution in [0.25, 0.3) is 0 Å². The van der Waals surface area contributed by atoms with Crippen LogP contribution in [-0.2, 0) is 4.74 Å².